The van der Waals surface area contributed by atoms with Crippen molar-refractivity contribution in [3.8, 4) is 46.4 Å². The first-order chi connectivity index (χ1) is 26.5. The lowest BCUT2D eigenvalue weighted by atomic mass is 9.70. The van der Waals surface area contributed by atoms with E-state index in [-0.39, 0.29) is 10.8 Å². The molecule has 4 aromatic rings. The number of terminal acetylenes is 1. The van der Waals surface area contributed by atoms with E-state index in [1.807, 2.05) is 0 Å². The zero-order valence-corrected chi connectivity index (χ0v) is 34.2. The molecule has 0 radical (unpaired) electrons. The first-order valence-electron chi connectivity index (χ1n) is 22.1. The van der Waals surface area contributed by atoms with Crippen LogP contribution in [0.25, 0.3) is 22.3 Å². The van der Waals surface area contributed by atoms with Gasteiger partial charge in [0.1, 0.15) is 0 Å². The minimum Gasteiger partial charge on any atom is -0.115 e. The van der Waals surface area contributed by atoms with E-state index in [4.69, 9.17) is 6.42 Å². The molecule has 0 heterocycles. The van der Waals surface area contributed by atoms with Crippen LogP contribution >= 0.6 is 0 Å². The predicted octanol–water partition coefficient (Wildman–Crippen LogP) is 15.5. The Kier molecular flexibility index (Phi) is 14.0. The molecule has 0 heteroatoms. The van der Waals surface area contributed by atoms with Crippen LogP contribution in [0.2, 0.25) is 0 Å². The fourth-order valence-corrected chi connectivity index (χ4v) is 10.1. The Hall–Kier alpha value is -4.00. The van der Waals surface area contributed by atoms with Gasteiger partial charge in [0.05, 0.1) is 0 Å². The molecule has 0 spiro atoms. The standard InChI is InChI=1S/C54H66/c1-6-11-15-21-35-53(36-22-16-12-7-2)49-26-20-19-25-45(49)46-33-30-43(40-51(46)53)27-28-44-31-34-48-47-32-29-42(10-5)39-50(47)54(52(48)41-44,37-23-17-13-8-3)38-24-18-14-9-4/h5,19-20,25-26,29-34,39-41H,6-9,11-18,21-24,35-38H2,1-4H3. The summed E-state index contributed by atoms with van der Waals surface area (Å²) in [6, 6.07) is 30.3. The van der Waals surface area contributed by atoms with Crippen molar-refractivity contribution in [3.63, 3.8) is 0 Å². The van der Waals surface area contributed by atoms with Gasteiger partial charge in [0, 0.05) is 27.5 Å². The Labute approximate surface area is 330 Å². The highest BCUT2D eigenvalue weighted by atomic mass is 14.5. The number of rotatable bonds is 20. The Morgan fingerprint density at radius 2 is 0.741 bits per heavy atom. The zero-order chi connectivity index (χ0) is 37.8. The zero-order valence-electron chi connectivity index (χ0n) is 34.2. The van der Waals surface area contributed by atoms with E-state index in [1.54, 1.807) is 5.56 Å². The largest absolute Gasteiger partial charge is 0.115 e. The fraction of sp³-hybridized carbons (Fsp3) is 0.481. The van der Waals surface area contributed by atoms with E-state index >= 15 is 0 Å². The molecule has 0 fully saturated rings. The molecule has 2 aliphatic carbocycles. The normalized spacial score (nSPS) is 14.1. The molecule has 0 aromatic heterocycles. The smallest absolute Gasteiger partial charge is 0.0252 e. The third kappa shape index (κ3) is 8.30. The summed E-state index contributed by atoms with van der Waals surface area (Å²) < 4.78 is 0. The molecule has 54 heavy (non-hydrogen) atoms. The average Bonchev–Trinajstić information content (AvgIpc) is 3.63. The van der Waals surface area contributed by atoms with Crippen molar-refractivity contribution in [2.24, 2.45) is 0 Å². The molecule has 6 rings (SSSR count). The molecule has 0 N–H and O–H groups in total. The van der Waals surface area contributed by atoms with Gasteiger partial charge in [-0.1, -0.05) is 191 Å². The molecule has 0 unspecified atom stereocenters. The lowest BCUT2D eigenvalue weighted by Crippen LogP contribution is -2.26. The number of benzene rings is 4. The second kappa shape index (κ2) is 19.0. The summed E-state index contributed by atoms with van der Waals surface area (Å²) in [5.74, 6) is 10.4. The van der Waals surface area contributed by atoms with Gasteiger partial charge in [-0.25, -0.2) is 0 Å². The summed E-state index contributed by atoms with van der Waals surface area (Å²) >= 11 is 0. The molecule has 0 saturated carbocycles. The Bertz CT molecular complexity index is 1930. The monoisotopic (exact) mass is 715 g/mol. The highest BCUT2D eigenvalue weighted by molar-refractivity contribution is 5.83. The highest BCUT2D eigenvalue weighted by Crippen LogP contribution is 2.56. The van der Waals surface area contributed by atoms with Crippen LogP contribution in [0.5, 0.6) is 0 Å². The Morgan fingerprint density at radius 1 is 0.389 bits per heavy atom. The van der Waals surface area contributed by atoms with Gasteiger partial charge in [-0.3, -0.25) is 0 Å². The van der Waals surface area contributed by atoms with Gasteiger partial charge in [-0.15, -0.1) is 6.42 Å². The lowest BCUT2D eigenvalue weighted by Gasteiger charge is -2.33. The maximum atomic E-state index is 6.02. The maximum Gasteiger partial charge on any atom is 0.0252 e. The van der Waals surface area contributed by atoms with Gasteiger partial charge in [0.2, 0.25) is 0 Å². The first kappa shape index (κ1) is 39.7. The third-order valence-corrected chi connectivity index (χ3v) is 13.0. The molecule has 0 saturated heterocycles. The first-order valence-corrected chi connectivity index (χ1v) is 22.1. The molecule has 282 valence electrons. The van der Waals surface area contributed by atoms with E-state index in [9.17, 15) is 0 Å². The van der Waals surface area contributed by atoms with Crippen LogP contribution < -0.4 is 0 Å². The van der Waals surface area contributed by atoms with Crippen molar-refractivity contribution < 1.29 is 0 Å². The number of hydrogen-bond acceptors (Lipinski definition) is 0. The lowest BCUT2D eigenvalue weighted by molar-refractivity contribution is 0.401. The summed E-state index contributed by atoms with van der Waals surface area (Å²) in [7, 11) is 0. The predicted molar refractivity (Wildman–Crippen MR) is 234 cm³/mol. The number of hydrogen-bond donors (Lipinski definition) is 0. The molecular formula is C54H66. The van der Waals surface area contributed by atoms with Gasteiger partial charge >= 0.3 is 0 Å². The van der Waals surface area contributed by atoms with Crippen LogP contribution in [0.3, 0.4) is 0 Å². The molecule has 0 bridgehead atoms. The summed E-state index contributed by atoms with van der Waals surface area (Å²) in [6.07, 6.45) is 31.4. The van der Waals surface area contributed by atoms with Gasteiger partial charge in [-0.05, 0) is 107 Å². The van der Waals surface area contributed by atoms with Crippen LogP contribution in [-0.4, -0.2) is 0 Å². The van der Waals surface area contributed by atoms with Crippen molar-refractivity contribution in [2.45, 2.75) is 167 Å². The van der Waals surface area contributed by atoms with Crippen LogP contribution in [0, 0.1) is 24.2 Å². The molecule has 2 aliphatic rings. The topological polar surface area (TPSA) is 0 Å². The number of fused-ring (bicyclic) bond motifs is 6. The van der Waals surface area contributed by atoms with Crippen molar-refractivity contribution in [2.75, 3.05) is 0 Å². The summed E-state index contributed by atoms with van der Waals surface area (Å²) in [5.41, 5.74) is 15.0. The van der Waals surface area contributed by atoms with Gasteiger partial charge in [-0.2, -0.15) is 0 Å². The fourth-order valence-electron chi connectivity index (χ4n) is 10.1. The summed E-state index contributed by atoms with van der Waals surface area (Å²) in [6.45, 7) is 9.27. The van der Waals surface area contributed by atoms with Gasteiger partial charge < -0.3 is 0 Å². The average molecular weight is 715 g/mol. The van der Waals surface area contributed by atoms with Crippen LogP contribution in [-0.2, 0) is 10.8 Å². The molecular weight excluding hydrogens is 649 g/mol. The van der Waals surface area contributed by atoms with Crippen LogP contribution in [0.1, 0.15) is 195 Å². The molecule has 0 amide bonds. The van der Waals surface area contributed by atoms with Crippen molar-refractivity contribution >= 4 is 0 Å². The maximum absolute atomic E-state index is 6.02. The summed E-state index contributed by atoms with van der Waals surface area (Å²) in [4.78, 5) is 0. The van der Waals surface area contributed by atoms with Crippen LogP contribution in [0.4, 0.5) is 0 Å². The van der Waals surface area contributed by atoms with E-state index < -0.39 is 0 Å². The molecule has 4 aromatic carbocycles. The quantitative estimate of drug-likeness (QED) is 0.0631. The van der Waals surface area contributed by atoms with E-state index in [1.165, 1.54) is 167 Å². The Balaban J connectivity index is 1.39. The van der Waals surface area contributed by atoms with E-state index in [2.05, 4.69) is 124 Å². The van der Waals surface area contributed by atoms with Crippen molar-refractivity contribution in [3.05, 3.63) is 118 Å². The second-order valence-electron chi connectivity index (χ2n) is 16.6. The second-order valence-corrected chi connectivity index (χ2v) is 16.6. The summed E-state index contributed by atoms with van der Waals surface area (Å²) in [5, 5.41) is 0. The molecule has 0 nitrogen and oxygen atoms in total. The number of unbranched alkanes of at least 4 members (excludes halogenated alkanes) is 12. The molecule has 0 aliphatic heterocycles. The minimum absolute atomic E-state index is 0.00873. The van der Waals surface area contributed by atoms with Crippen LogP contribution in [0.15, 0.2) is 78.9 Å². The van der Waals surface area contributed by atoms with Crippen molar-refractivity contribution in [1.82, 2.24) is 0 Å². The minimum atomic E-state index is -0.00873. The van der Waals surface area contributed by atoms with Crippen molar-refractivity contribution in [1.29, 1.82) is 0 Å². The van der Waals surface area contributed by atoms with E-state index in [0.717, 1.165) is 16.7 Å². The van der Waals surface area contributed by atoms with Gasteiger partial charge in [0.15, 0.2) is 0 Å². The molecule has 0 atom stereocenters. The SMILES string of the molecule is C#Cc1ccc2c(c1)C(CCCCCC)(CCCCCC)c1cc(C#Cc3ccc4c(c3)C(CCCCCC)(CCCCCC)c3ccccc3-4)ccc1-2. The Morgan fingerprint density at radius 3 is 1.15 bits per heavy atom. The highest BCUT2D eigenvalue weighted by Gasteiger charge is 2.43. The third-order valence-electron chi connectivity index (χ3n) is 13.0. The van der Waals surface area contributed by atoms with Gasteiger partial charge in [0.25, 0.3) is 0 Å². The van der Waals surface area contributed by atoms with E-state index in [0.29, 0.717) is 0 Å².